The first-order valence-corrected chi connectivity index (χ1v) is 3.17. The van der Waals surface area contributed by atoms with Gasteiger partial charge in [-0.15, -0.1) is 0 Å². The van der Waals surface area contributed by atoms with E-state index in [0.717, 1.165) is 18.0 Å². The largest absolute Gasteiger partial charge is 0.500 e. The fourth-order valence-electron chi connectivity index (χ4n) is 0.543. The Hall–Kier alpha value is -0.660. The van der Waals surface area contributed by atoms with Crippen LogP contribution in [0.1, 0.15) is 20.8 Å². The van der Waals surface area contributed by atoms with E-state index in [1.165, 1.54) is 0 Å². The van der Waals surface area contributed by atoms with Crippen LogP contribution < -0.4 is 5.32 Å². The Morgan fingerprint density at radius 3 is 2.33 bits per heavy atom. The lowest BCUT2D eigenvalue weighted by atomic mass is 10.4. The summed E-state index contributed by atoms with van der Waals surface area (Å²) in [5, 5.41) is 3.15. The molecule has 0 saturated carbocycles. The monoisotopic (exact) mass is 129 g/mol. The van der Waals surface area contributed by atoms with Crippen molar-refractivity contribution in [3.63, 3.8) is 0 Å². The van der Waals surface area contributed by atoms with Gasteiger partial charge in [0.2, 0.25) is 0 Å². The molecule has 1 N–H and O–H groups in total. The Bertz CT molecular complexity index is 107. The van der Waals surface area contributed by atoms with Gasteiger partial charge in [0.25, 0.3) is 0 Å². The van der Waals surface area contributed by atoms with Gasteiger partial charge >= 0.3 is 0 Å². The molecule has 0 rings (SSSR count). The van der Waals surface area contributed by atoms with Crippen molar-refractivity contribution in [1.29, 1.82) is 0 Å². The molecule has 0 aromatic heterocycles. The van der Waals surface area contributed by atoms with E-state index in [1.54, 1.807) is 7.11 Å². The number of rotatable bonds is 3. The fourth-order valence-corrected chi connectivity index (χ4v) is 0.543. The molecule has 54 valence electrons. The second kappa shape index (κ2) is 4.24. The smallest absolute Gasteiger partial charge is 0.111 e. The molecule has 0 unspecified atom stereocenters. The van der Waals surface area contributed by atoms with Crippen molar-refractivity contribution in [3.8, 4) is 0 Å². The van der Waals surface area contributed by atoms with E-state index in [4.69, 9.17) is 4.74 Å². The maximum Gasteiger partial charge on any atom is 0.111 e. The van der Waals surface area contributed by atoms with Crippen molar-refractivity contribution >= 4 is 0 Å². The van der Waals surface area contributed by atoms with E-state index in [0.29, 0.717) is 0 Å². The number of hydrogen-bond acceptors (Lipinski definition) is 2. The highest BCUT2D eigenvalue weighted by atomic mass is 16.5. The highest BCUT2D eigenvalue weighted by Gasteiger charge is 1.90. The molecule has 0 aromatic carbocycles. The molecule has 0 heterocycles. The van der Waals surface area contributed by atoms with Crippen molar-refractivity contribution in [2.75, 3.05) is 13.7 Å². The zero-order valence-corrected chi connectivity index (χ0v) is 6.62. The van der Waals surface area contributed by atoms with E-state index < -0.39 is 0 Å². The summed E-state index contributed by atoms with van der Waals surface area (Å²) in [4.78, 5) is 0. The van der Waals surface area contributed by atoms with Crippen molar-refractivity contribution in [1.82, 2.24) is 5.32 Å². The maximum atomic E-state index is 4.98. The van der Waals surface area contributed by atoms with Crippen molar-refractivity contribution < 1.29 is 4.74 Å². The lowest BCUT2D eigenvalue weighted by Crippen LogP contribution is -2.11. The van der Waals surface area contributed by atoms with Gasteiger partial charge in [-0.2, -0.15) is 0 Å². The molecule has 0 radical (unpaired) electrons. The van der Waals surface area contributed by atoms with Crippen molar-refractivity contribution in [3.05, 3.63) is 11.5 Å². The zero-order valence-electron chi connectivity index (χ0n) is 6.62. The summed E-state index contributed by atoms with van der Waals surface area (Å²) >= 11 is 0. The van der Waals surface area contributed by atoms with E-state index >= 15 is 0 Å². The van der Waals surface area contributed by atoms with E-state index in [-0.39, 0.29) is 0 Å². The van der Waals surface area contributed by atoms with Gasteiger partial charge in [0.15, 0.2) is 0 Å². The SMILES string of the molecule is CCNC(C)=C(C)OC. The van der Waals surface area contributed by atoms with Crippen LogP contribution in [0.5, 0.6) is 0 Å². The molecule has 2 heteroatoms. The summed E-state index contributed by atoms with van der Waals surface area (Å²) in [5.74, 6) is 0.955. The lowest BCUT2D eigenvalue weighted by Gasteiger charge is -2.06. The van der Waals surface area contributed by atoms with Crippen LogP contribution in [0.25, 0.3) is 0 Å². The van der Waals surface area contributed by atoms with Crippen LogP contribution in [0.15, 0.2) is 11.5 Å². The standard InChI is InChI=1S/C7H15NO/c1-5-8-6(2)7(3)9-4/h8H,5H2,1-4H3. The van der Waals surface area contributed by atoms with Crippen LogP contribution in [0.3, 0.4) is 0 Å². The van der Waals surface area contributed by atoms with Crippen LogP contribution in [0.2, 0.25) is 0 Å². The number of allylic oxidation sites excluding steroid dienone is 2. The molecule has 0 fully saturated rings. The highest BCUT2D eigenvalue weighted by molar-refractivity contribution is 4.99. The molecular weight excluding hydrogens is 114 g/mol. The summed E-state index contributed by atoms with van der Waals surface area (Å²) < 4.78 is 4.98. The molecule has 0 aromatic rings. The Kier molecular flexibility index (Phi) is 3.93. The van der Waals surface area contributed by atoms with Gasteiger partial charge in [0.1, 0.15) is 5.76 Å². The minimum absolute atomic E-state index is 0.951. The van der Waals surface area contributed by atoms with E-state index in [9.17, 15) is 0 Å². The third-order valence-corrected chi connectivity index (χ3v) is 1.28. The second-order valence-electron chi connectivity index (χ2n) is 1.92. The fraction of sp³-hybridized carbons (Fsp3) is 0.714. The van der Waals surface area contributed by atoms with Crippen LogP contribution >= 0.6 is 0 Å². The van der Waals surface area contributed by atoms with E-state index in [1.807, 2.05) is 13.8 Å². The number of ether oxygens (including phenoxy) is 1. The maximum absolute atomic E-state index is 4.98. The van der Waals surface area contributed by atoms with Gasteiger partial charge in [-0.05, 0) is 20.8 Å². The van der Waals surface area contributed by atoms with Gasteiger partial charge in [-0.25, -0.2) is 0 Å². The number of hydrogen-bond donors (Lipinski definition) is 1. The summed E-state index contributed by atoms with van der Waals surface area (Å²) in [7, 11) is 1.68. The molecule has 0 aliphatic rings. The highest BCUT2D eigenvalue weighted by Crippen LogP contribution is 1.98. The molecular formula is C7H15NO. The van der Waals surface area contributed by atoms with Crippen LogP contribution in [0.4, 0.5) is 0 Å². The summed E-state index contributed by atoms with van der Waals surface area (Å²) in [5.41, 5.74) is 1.11. The first-order chi connectivity index (χ1) is 4.22. The topological polar surface area (TPSA) is 21.3 Å². The number of nitrogens with one attached hydrogen (secondary N) is 1. The molecule has 0 bridgehead atoms. The molecule has 0 atom stereocenters. The molecule has 0 saturated heterocycles. The quantitative estimate of drug-likeness (QED) is 0.583. The average Bonchev–Trinajstić information content (AvgIpc) is 1.87. The lowest BCUT2D eigenvalue weighted by molar-refractivity contribution is 0.286. The van der Waals surface area contributed by atoms with Gasteiger partial charge < -0.3 is 10.1 Å². The summed E-state index contributed by atoms with van der Waals surface area (Å²) in [6.07, 6.45) is 0. The Morgan fingerprint density at radius 1 is 1.44 bits per heavy atom. The molecule has 0 spiro atoms. The summed E-state index contributed by atoms with van der Waals surface area (Å²) in [6, 6.07) is 0. The van der Waals surface area contributed by atoms with Crippen LogP contribution in [-0.4, -0.2) is 13.7 Å². The third kappa shape index (κ3) is 3.01. The predicted molar refractivity (Wildman–Crippen MR) is 39.1 cm³/mol. The zero-order chi connectivity index (χ0) is 7.28. The average molecular weight is 129 g/mol. The van der Waals surface area contributed by atoms with Gasteiger partial charge in [-0.1, -0.05) is 0 Å². The number of methoxy groups -OCH3 is 1. The Morgan fingerprint density at radius 2 is 2.00 bits per heavy atom. The molecule has 0 aliphatic carbocycles. The third-order valence-electron chi connectivity index (χ3n) is 1.28. The molecule has 0 amide bonds. The summed E-state index contributed by atoms with van der Waals surface area (Å²) in [6.45, 7) is 6.96. The van der Waals surface area contributed by atoms with Crippen molar-refractivity contribution in [2.45, 2.75) is 20.8 Å². The van der Waals surface area contributed by atoms with Gasteiger partial charge in [-0.3, -0.25) is 0 Å². The first kappa shape index (κ1) is 8.34. The minimum atomic E-state index is 0.951. The Labute approximate surface area is 56.9 Å². The molecule has 2 nitrogen and oxygen atoms in total. The second-order valence-corrected chi connectivity index (χ2v) is 1.92. The van der Waals surface area contributed by atoms with Crippen LogP contribution in [0, 0.1) is 0 Å². The van der Waals surface area contributed by atoms with Crippen LogP contribution in [-0.2, 0) is 4.74 Å². The minimum Gasteiger partial charge on any atom is -0.500 e. The van der Waals surface area contributed by atoms with Gasteiger partial charge in [0, 0.05) is 12.2 Å². The Balaban J connectivity index is 3.78. The predicted octanol–water partition coefficient (Wildman–Crippen LogP) is 1.49. The van der Waals surface area contributed by atoms with Crippen molar-refractivity contribution in [2.24, 2.45) is 0 Å². The normalized spacial score (nSPS) is 12.4. The molecule has 9 heavy (non-hydrogen) atoms. The van der Waals surface area contributed by atoms with Gasteiger partial charge in [0.05, 0.1) is 7.11 Å². The first-order valence-electron chi connectivity index (χ1n) is 3.17. The van der Waals surface area contributed by atoms with E-state index in [2.05, 4.69) is 12.2 Å². The molecule has 0 aliphatic heterocycles.